The summed E-state index contributed by atoms with van der Waals surface area (Å²) < 4.78 is 30.3. The zero-order chi connectivity index (χ0) is 56.8. The van der Waals surface area contributed by atoms with Crippen LogP contribution in [0.25, 0.3) is 21.3 Å². The summed E-state index contributed by atoms with van der Waals surface area (Å²) in [4.78, 5) is 67.0. The van der Waals surface area contributed by atoms with E-state index in [0.717, 1.165) is 125 Å². The summed E-state index contributed by atoms with van der Waals surface area (Å²) in [6, 6.07) is 29.5. The first-order chi connectivity index (χ1) is 38.5. The van der Waals surface area contributed by atoms with Crippen molar-refractivity contribution in [2.75, 3.05) is 82.5 Å². The highest BCUT2D eigenvalue weighted by Gasteiger charge is 2.29. The number of rotatable bonds is 21. The Balaban J connectivity index is 0.000000305. The Kier molecular flexibility index (Phi) is 21.2. The number of hydrogen-bond donors (Lipinski definition) is 1. The first-order valence-corrected chi connectivity index (χ1v) is 29.8. The molecule has 5 heterocycles. The predicted molar refractivity (Wildman–Crippen MR) is 319 cm³/mol. The van der Waals surface area contributed by atoms with Gasteiger partial charge in [-0.15, -0.1) is 0 Å². The molecule has 3 aliphatic rings. The van der Waals surface area contributed by atoms with Gasteiger partial charge in [0.25, 0.3) is 5.91 Å². The van der Waals surface area contributed by atoms with Crippen molar-refractivity contribution in [3.63, 3.8) is 0 Å². The van der Waals surface area contributed by atoms with Crippen LogP contribution in [-0.2, 0) is 36.8 Å². The number of esters is 3. The number of ether oxygens (including phenoxy) is 5. The van der Waals surface area contributed by atoms with Crippen LogP contribution in [0.15, 0.2) is 95.5 Å². The lowest BCUT2D eigenvalue weighted by molar-refractivity contribution is -0.145. The van der Waals surface area contributed by atoms with Crippen molar-refractivity contribution in [2.45, 2.75) is 106 Å². The van der Waals surface area contributed by atoms with E-state index in [1.807, 2.05) is 126 Å². The van der Waals surface area contributed by atoms with Crippen molar-refractivity contribution in [1.82, 2.24) is 19.8 Å². The second kappa shape index (κ2) is 28.3. The highest BCUT2D eigenvalue weighted by Crippen LogP contribution is 2.36. The third-order valence-corrected chi connectivity index (χ3v) is 16.5. The number of nitrogens with zero attached hydrogens (tertiary/aromatic N) is 5. The molecule has 3 aliphatic heterocycles. The van der Waals surface area contributed by atoms with Crippen LogP contribution < -0.4 is 19.7 Å². The van der Waals surface area contributed by atoms with Gasteiger partial charge >= 0.3 is 17.9 Å². The molecule has 426 valence electrons. The number of hydrogen-bond acceptors (Lipinski definition) is 15. The second-order valence-corrected chi connectivity index (χ2v) is 23.7. The molecule has 0 radical (unpaired) electrons. The predicted octanol–water partition coefficient (Wildman–Crippen LogP) is 12.3. The Morgan fingerprint density at radius 3 is 1.98 bits per heavy atom. The maximum atomic E-state index is 13.9. The number of thiazole rings is 1. The molecule has 0 saturated carbocycles. The zero-order valence-corrected chi connectivity index (χ0v) is 49.8. The van der Waals surface area contributed by atoms with Crippen LogP contribution in [-0.4, -0.2) is 121 Å². The number of amides is 1. The minimum Gasteiger partial charge on any atom is -0.493 e. The Morgan fingerprint density at radius 1 is 0.713 bits per heavy atom. The van der Waals surface area contributed by atoms with Crippen LogP contribution in [0.3, 0.4) is 0 Å². The summed E-state index contributed by atoms with van der Waals surface area (Å²) in [5.74, 6) is 2.54. The smallest absolute Gasteiger partial charge is 0.358 e. The standard InChI is InChI=1S/C45H51N5O6S.C18H26BrNO3/c1-6-54-40(51)28-49-23-21-30(26-49)12-11-25-55-37-17-10-14-32(29(37)2)33-19-20-39(47-41(33)43(53)56-45(3,4)5)50-24-22-31-13-9-15-34(35(31)27-50)42(52)48-44-46-36-16-7-8-18-38(36)57-44;1-3-22-18(21)13-20-10-9-15(12-20)6-5-11-23-17-8-4-7-16(19)14(17)2/h7-10,13-20,30H,6,11-12,21-28H2,1-5H3,(H,46,48,52);4,7-8,15H,3,5-6,9-13H2,1-2H3/t30-;15-/m11/s1. The van der Waals surface area contributed by atoms with Gasteiger partial charge in [0.2, 0.25) is 0 Å². The lowest BCUT2D eigenvalue weighted by Crippen LogP contribution is -2.33. The number of benzene rings is 4. The Morgan fingerprint density at radius 2 is 1.34 bits per heavy atom. The van der Waals surface area contributed by atoms with Crippen LogP contribution in [0.2, 0.25) is 0 Å². The van der Waals surface area contributed by atoms with Gasteiger partial charge in [0, 0.05) is 47.3 Å². The van der Waals surface area contributed by atoms with Gasteiger partial charge in [-0.25, -0.2) is 14.8 Å². The Labute approximate surface area is 483 Å². The molecule has 80 heavy (non-hydrogen) atoms. The number of anilines is 2. The molecule has 1 amide bonds. The third-order valence-electron chi connectivity index (χ3n) is 14.7. The van der Waals surface area contributed by atoms with Gasteiger partial charge in [0.05, 0.1) is 49.7 Å². The van der Waals surface area contributed by atoms with E-state index in [4.69, 9.17) is 28.7 Å². The minimum absolute atomic E-state index is 0.110. The molecule has 2 atom stereocenters. The molecule has 4 aromatic carbocycles. The van der Waals surface area contributed by atoms with Gasteiger partial charge in [-0.2, -0.15) is 0 Å². The highest BCUT2D eigenvalue weighted by molar-refractivity contribution is 9.10. The van der Waals surface area contributed by atoms with Crippen LogP contribution in [0.4, 0.5) is 10.9 Å². The van der Waals surface area contributed by atoms with Crippen molar-refractivity contribution in [3.8, 4) is 22.6 Å². The average Bonchev–Trinajstić information content (AvgIpc) is 4.24. The average molecular weight is 1170 g/mol. The van der Waals surface area contributed by atoms with Crippen molar-refractivity contribution < 1.29 is 42.9 Å². The lowest BCUT2D eigenvalue weighted by atomic mass is 9.94. The van der Waals surface area contributed by atoms with Gasteiger partial charge in [0.1, 0.15) is 22.9 Å². The van der Waals surface area contributed by atoms with Crippen molar-refractivity contribution in [3.05, 3.63) is 129 Å². The molecule has 9 rings (SSSR count). The fourth-order valence-corrected chi connectivity index (χ4v) is 11.9. The molecule has 0 aliphatic carbocycles. The van der Waals surface area contributed by atoms with E-state index in [0.29, 0.717) is 86.3 Å². The zero-order valence-electron chi connectivity index (χ0n) is 47.4. The normalized spacial score (nSPS) is 16.4. The fourth-order valence-electron chi connectivity index (χ4n) is 10.7. The van der Waals surface area contributed by atoms with Gasteiger partial charge in [-0.1, -0.05) is 69.7 Å². The number of para-hydroxylation sites is 1. The monoisotopic (exact) mass is 1170 g/mol. The SMILES string of the molecule is CCOC(=O)CN1CC[C@@H](CCCOc2cccc(-c3ccc(N4CCc5cccc(C(=O)Nc6nc7ccccc7s6)c5C4)nc3C(=O)OC(C)(C)C)c2C)C1.CCOC(=O)CN1CC[C@@H](CCCOc2cccc(Br)c2C)C1. The maximum Gasteiger partial charge on any atom is 0.358 e. The molecule has 17 heteroatoms. The van der Waals surface area contributed by atoms with Crippen LogP contribution in [0.1, 0.15) is 116 Å². The highest BCUT2D eigenvalue weighted by atomic mass is 79.9. The van der Waals surface area contributed by atoms with Crippen LogP contribution in [0.5, 0.6) is 11.5 Å². The molecular formula is C63H77BrN6O9S. The first kappa shape index (κ1) is 59.7. The molecule has 2 saturated heterocycles. The largest absolute Gasteiger partial charge is 0.493 e. The molecule has 0 unspecified atom stereocenters. The van der Waals surface area contributed by atoms with Gasteiger partial charge in [-0.3, -0.25) is 29.5 Å². The number of carbonyl (C=O) groups is 4. The van der Waals surface area contributed by atoms with Crippen molar-refractivity contribution in [2.24, 2.45) is 11.8 Å². The van der Waals surface area contributed by atoms with Gasteiger partial charge < -0.3 is 28.6 Å². The number of fused-ring (bicyclic) bond motifs is 2. The molecule has 15 nitrogen and oxygen atoms in total. The Hall–Kier alpha value is -6.40. The summed E-state index contributed by atoms with van der Waals surface area (Å²) in [5.41, 5.74) is 6.54. The van der Waals surface area contributed by atoms with Crippen LogP contribution >= 0.6 is 27.3 Å². The summed E-state index contributed by atoms with van der Waals surface area (Å²) in [7, 11) is 0. The van der Waals surface area contributed by atoms with E-state index >= 15 is 0 Å². The maximum absolute atomic E-state index is 13.9. The van der Waals surface area contributed by atoms with E-state index in [-0.39, 0.29) is 23.5 Å². The number of halogens is 1. The number of pyridine rings is 1. The molecule has 6 aromatic rings. The fraction of sp³-hybridized carbons (Fsp3) is 0.460. The topological polar surface area (TPSA) is 162 Å². The first-order valence-electron chi connectivity index (χ1n) is 28.2. The minimum atomic E-state index is -0.725. The molecule has 0 spiro atoms. The summed E-state index contributed by atoms with van der Waals surface area (Å²) >= 11 is 4.97. The number of carbonyl (C=O) groups excluding carboxylic acids is 4. The number of aromatic nitrogens is 2. The Bertz CT molecular complexity index is 3070. The summed E-state index contributed by atoms with van der Waals surface area (Å²) in [6.45, 7) is 21.1. The second-order valence-electron chi connectivity index (χ2n) is 21.8. The third kappa shape index (κ3) is 16.4. The van der Waals surface area contributed by atoms with Crippen LogP contribution in [0, 0.1) is 25.7 Å². The number of nitrogens with one attached hydrogen (secondary N) is 1. The molecule has 0 bridgehead atoms. The van der Waals surface area contributed by atoms with E-state index in [2.05, 4.69) is 53.9 Å². The molecule has 1 N–H and O–H groups in total. The van der Waals surface area contributed by atoms with Crippen molar-refractivity contribution >= 4 is 72.2 Å². The van der Waals surface area contributed by atoms with E-state index < -0.39 is 11.6 Å². The van der Waals surface area contributed by atoms with E-state index in [1.54, 1.807) is 0 Å². The van der Waals surface area contributed by atoms with Crippen molar-refractivity contribution in [1.29, 1.82) is 0 Å². The molecule has 2 aromatic heterocycles. The number of likely N-dealkylation sites (tertiary alicyclic amines) is 2. The lowest BCUT2D eigenvalue weighted by Gasteiger charge is -2.31. The van der Waals surface area contributed by atoms with Gasteiger partial charge in [0.15, 0.2) is 10.8 Å². The summed E-state index contributed by atoms with van der Waals surface area (Å²) in [6.07, 6.45) is 7.04. The molecular weight excluding hydrogens is 1100 g/mol. The van der Waals surface area contributed by atoms with Gasteiger partial charge in [-0.05, 0) is 189 Å². The molecule has 2 fully saturated rings. The summed E-state index contributed by atoms with van der Waals surface area (Å²) in [5, 5.41) is 3.58. The quantitative estimate of drug-likeness (QED) is 0.0411. The van der Waals surface area contributed by atoms with E-state index in [9.17, 15) is 19.2 Å². The van der Waals surface area contributed by atoms with E-state index in [1.165, 1.54) is 11.3 Å².